The normalized spacial score (nSPS) is 30.9. The summed E-state index contributed by atoms with van der Waals surface area (Å²) in [7, 11) is 1.84. The van der Waals surface area contributed by atoms with Gasteiger partial charge in [0.25, 0.3) is 0 Å². The minimum absolute atomic E-state index is 0.378. The van der Waals surface area contributed by atoms with E-state index < -0.39 is 0 Å². The third kappa shape index (κ3) is 3.12. The van der Waals surface area contributed by atoms with Gasteiger partial charge in [-0.2, -0.15) is 5.10 Å². The Morgan fingerprint density at radius 1 is 1.43 bits per heavy atom. The monoisotopic (exact) mass is 294 g/mol. The van der Waals surface area contributed by atoms with Crippen LogP contribution in [0.2, 0.25) is 0 Å². The Bertz CT molecular complexity index is 451. The number of nitrogens with zero attached hydrogens (tertiary/aromatic N) is 4. The largest absolute Gasteiger partial charge is 0.381 e. The topological polar surface area (TPSA) is 52.4 Å². The van der Waals surface area contributed by atoms with Crippen molar-refractivity contribution in [1.82, 2.24) is 19.7 Å². The van der Waals surface area contributed by atoms with E-state index in [4.69, 9.17) is 9.47 Å². The molecule has 0 bridgehead atoms. The molecule has 2 aliphatic rings. The van der Waals surface area contributed by atoms with Gasteiger partial charge in [-0.1, -0.05) is 6.42 Å². The molecule has 1 saturated carbocycles. The molecule has 2 fully saturated rings. The fourth-order valence-electron chi connectivity index (χ4n) is 3.79. The van der Waals surface area contributed by atoms with E-state index in [-0.39, 0.29) is 0 Å². The number of aryl methyl sites for hydroxylation is 1. The van der Waals surface area contributed by atoms with Crippen LogP contribution in [0, 0.1) is 5.92 Å². The lowest BCUT2D eigenvalue weighted by Crippen LogP contribution is -2.51. The van der Waals surface area contributed by atoms with E-state index in [1.807, 2.05) is 11.8 Å². The fourth-order valence-corrected chi connectivity index (χ4v) is 3.79. The van der Waals surface area contributed by atoms with Crippen molar-refractivity contribution in [2.24, 2.45) is 5.92 Å². The smallest absolute Gasteiger partial charge is 0.141 e. The molecule has 0 aromatic carbocycles. The van der Waals surface area contributed by atoms with Gasteiger partial charge in [0.15, 0.2) is 0 Å². The molecule has 1 aromatic heterocycles. The Morgan fingerprint density at radius 2 is 2.33 bits per heavy atom. The van der Waals surface area contributed by atoms with Crippen molar-refractivity contribution < 1.29 is 9.47 Å². The van der Waals surface area contributed by atoms with E-state index in [1.54, 1.807) is 6.33 Å². The third-order valence-electron chi connectivity index (χ3n) is 4.92. The molecule has 1 saturated heterocycles. The van der Waals surface area contributed by atoms with Gasteiger partial charge in [0.1, 0.15) is 12.2 Å². The zero-order valence-electron chi connectivity index (χ0n) is 13.1. The molecule has 6 nitrogen and oxygen atoms in total. The van der Waals surface area contributed by atoms with Crippen molar-refractivity contribution in [2.75, 3.05) is 26.9 Å². The molecule has 0 spiro atoms. The molecular formula is C15H26N4O2. The second-order valence-electron chi connectivity index (χ2n) is 5.97. The summed E-state index contributed by atoms with van der Waals surface area (Å²) in [6, 6.07) is 0.438. The number of aromatic nitrogens is 3. The predicted molar refractivity (Wildman–Crippen MR) is 78.9 cm³/mol. The highest BCUT2D eigenvalue weighted by atomic mass is 16.5. The molecule has 6 heteroatoms. The highest BCUT2D eigenvalue weighted by Crippen LogP contribution is 2.34. The zero-order valence-corrected chi connectivity index (χ0v) is 13.1. The van der Waals surface area contributed by atoms with Crippen LogP contribution in [-0.2, 0) is 22.6 Å². The van der Waals surface area contributed by atoms with Crippen molar-refractivity contribution in [3.05, 3.63) is 12.2 Å². The van der Waals surface area contributed by atoms with Crippen LogP contribution in [0.15, 0.2) is 6.33 Å². The van der Waals surface area contributed by atoms with Crippen LogP contribution in [0.3, 0.4) is 0 Å². The second kappa shape index (κ2) is 6.85. The lowest BCUT2D eigenvalue weighted by Gasteiger charge is -2.40. The standard InChI is InChI=1S/C15H26N4O2/c1-3-19-15(16-11-17-19)9-18-7-8-21-10-13(18)12-5-4-6-14(12)20-2/h11-14H,3-10H2,1-2H3/t12-,13+,14-/m0/s1. The Balaban J connectivity index is 1.72. The SMILES string of the molecule is CCn1ncnc1CN1CCOC[C@@H]1[C@@H]1CCC[C@@H]1OC. The first-order valence-corrected chi connectivity index (χ1v) is 8.04. The molecule has 0 radical (unpaired) electrons. The van der Waals surface area contributed by atoms with Crippen LogP contribution in [0.25, 0.3) is 0 Å². The van der Waals surface area contributed by atoms with E-state index in [0.717, 1.165) is 38.7 Å². The third-order valence-corrected chi connectivity index (χ3v) is 4.92. The van der Waals surface area contributed by atoms with Crippen LogP contribution >= 0.6 is 0 Å². The predicted octanol–water partition coefficient (Wildman–Crippen LogP) is 1.31. The zero-order chi connectivity index (χ0) is 14.7. The maximum absolute atomic E-state index is 5.75. The minimum atomic E-state index is 0.378. The van der Waals surface area contributed by atoms with E-state index in [0.29, 0.717) is 18.1 Å². The first kappa shape index (κ1) is 14.9. The Labute approximate surface area is 126 Å². The van der Waals surface area contributed by atoms with Crippen LogP contribution in [-0.4, -0.2) is 58.7 Å². The van der Waals surface area contributed by atoms with Gasteiger partial charge in [-0.25, -0.2) is 9.67 Å². The molecule has 21 heavy (non-hydrogen) atoms. The van der Waals surface area contributed by atoms with Crippen LogP contribution < -0.4 is 0 Å². The van der Waals surface area contributed by atoms with Gasteiger partial charge in [-0.3, -0.25) is 4.90 Å². The van der Waals surface area contributed by atoms with Crippen molar-refractivity contribution in [3.8, 4) is 0 Å². The summed E-state index contributed by atoms with van der Waals surface area (Å²) in [5.41, 5.74) is 0. The average molecular weight is 294 g/mol. The lowest BCUT2D eigenvalue weighted by atomic mass is 9.94. The maximum Gasteiger partial charge on any atom is 0.141 e. The van der Waals surface area contributed by atoms with Crippen molar-refractivity contribution in [1.29, 1.82) is 0 Å². The molecular weight excluding hydrogens is 268 g/mol. The quantitative estimate of drug-likeness (QED) is 0.819. The van der Waals surface area contributed by atoms with E-state index >= 15 is 0 Å². The number of morpholine rings is 1. The number of hydrogen-bond donors (Lipinski definition) is 0. The van der Waals surface area contributed by atoms with E-state index in [1.165, 1.54) is 19.3 Å². The molecule has 2 heterocycles. The number of rotatable bonds is 5. The Morgan fingerprint density at radius 3 is 3.14 bits per heavy atom. The molecule has 3 atom stereocenters. The molecule has 1 aromatic rings. The first-order chi connectivity index (χ1) is 10.3. The van der Waals surface area contributed by atoms with Crippen molar-refractivity contribution >= 4 is 0 Å². The van der Waals surface area contributed by atoms with Crippen molar-refractivity contribution in [2.45, 2.75) is 51.4 Å². The van der Waals surface area contributed by atoms with Gasteiger partial charge in [-0.05, 0) is 19.8 Å². The summed E-state index contributed by atoms with van der Waals surface area (Å²) in [4.78, 5) is 6.94. The van der Waals surface area contributed by atoms with Gasteiger partial charge in [0, 0.05) is 32.2 Å². The summed E-state index contributed by atoms with van der Waals surface area (Å²) in [6.45, 7) is 6.41. The number of methoxy groups -OCH3 is 1. The van der Waals surface area contributed by atoms with Gasteiger partial charge in [-0.15, -0.1) is 0 Å². The highest BCUT2D eigenvalue weighted by Gasteiger charge is 2.38. The minimum Gasteiger partial charge on any atom is -0.381 e. The second-order valence-corrected chi connectivity index (χ2v) is 5.97. The molecule has 3 rings (SSSR count). The molecule has 1 aliphatic heterocycles. The maximum atomic E-state index is 5.75. The van der Waals surface area contributed by atoms with Crippen LogP contribution in [0.5, 0.6) is 0 Å². The molecule has 1 aliphatic carbocycles. The van der Waals surface area contributed by atoms with Crippen LogP contribution in [0.1, 0.15) is 32.0 Å². The van der Waals surface area contributed by atoms with E-state index in [9.17, 15) is 0 Å². The summed E-state index contributed by atoms with van der Waals surface area (Å²) in [6.07, 6.45) is 5.71. The van der Waals surface area contributed by atoms with Crippen LogP contribution in [0.4, 0.5) is 0 Å². The average Bonchev–Trinajstić information content (AvgIpc) is 3.16. The van der Waals surface area contributed by atoms with Crippen molar-refractivity contribution in [3.63, 3.8) is 0 Å². The van der Waals surface area contributed by atoms with E-state index in [2.05, 4.69) is 21.9 Å². The highest BCUT2D eigenvalue weighted by molar-refractivity contribution is 4.93. The van der Waals surface area contributed by atoms with Gasteiger partial charge >= 0.3 is 0 Å². The summed E-state index contributed by atoms with van der Waals surface area (Å²) in [5.74, 6) is 1.63. The van der Waals surface area contributed by atoms with Gasteiger partial charge in [0.2, 0.25) is 0 Å². The molecule has 0 N–H and O–H groups in total. The lowest BCUT2D eigenvalue weighted by molar-refractivity contribution is -0.0619. The molecule has 0 amide bonds. The fraction of sp³-hybridized carbons (Fsp3) is 0.867. The number of hydrogen-bond acceptors (Lipinski definition) is 5. The number of ether oxygens (including phenoxy) is 2. The first-order valence-electron chi connectivity index (χ1n) is 8.04. The molecule has 0 unspecified atom stereocenters. The Kier molecular flexibility index (Phi) is 4.87. The van der Waals surface area contributed by atoms with Gasteiger partial charge < -0.3 is 9.47 Å². The van der Waals surface area contributed by atoms with Gasteiger partial charge in [0.05, 0.1) is 25.9 Å². The Hall–Kier alpha value is -0.980. The summed E-state index contributed by atoms with van der Waals surface area (Å²) < 4.78 is 13.4. The summed E-state index contributed by atoms with van der Waals surface area (Å²) >= 11 is 0. The summed E-state index contributed by atoms with van der Waals surface area (Å²) in [5, 5.41) is 4.28. The molecule has 118 valence electrons.